The molecule has 0 aliphatic heterocycles. The molecule has 0 spiro atoms. The van der Waals surface area contributed by atoms with Gasteiger partial charge in [0.1, 0.15) is 5.75 Å². The van der Waals surface area contributed by atoms with Gasteiger partial charge in [0.25, 0.3) is 0 Å². The number of rotatable bonds is 1. The van der Waals surface area contributed by atoms with Crippen LogP contribution in [0.3, 0.4) is 0 Å². The molecule has 0 fully saturated rings. The van der Waals surface area contributed by atoms with E-state index in [1.165, 1.54) is 0 Å². The lowest BCUT2D eigenvalue weighted by Crippen LogP contribution is -2.17. The summed E-state index contributed by atoms with van der Waals surface area (Å²) in [5.74, 6) is 0.422. The average molecular weight is 303 g/mol. The Balaban J connectivity index is 2.74. The van der Waals surface area contributed by atoms with Gasteiger partial charge in [0.05, 0.1) is 10.7 Å². The van der Waals surface area contributed by atoms with E-state index in [4.69, 9.17) is 0 Å². The third kappa shape index (κ3) is 3.29. The highest BCUT2D eigenvalue weighted by molar-refractivity contribution is 7.09. The molecular weight excluding hydrogens is 278 g/mol. The zero-order valence-electron chi connectivity index (χ0n) is 14.0. The van der Waals surface area contributed by atoms with Crippen LogP contribution in [0.1, 0.15) is 57.7 Å². The van der Waals surface area contributed by atoms with E-state index in [1.54, 1.807) is 11.3 Å². The normalized spacial score (nSPS) is 12.7. The molecule has 1 heterocycles. The predicted octanol–water partition coefficient (Wildman–Crippen LogP) is 5.42. The van der Waals surface area contributed by atoms with Crippen molar-refractivity contribution >= 4 is 11.3 Å². The molecule has 0 aliphatic rings. The van der Waals surface area contributed by atoms with Crippen molar-refractivity contribution in [1.29, 1.82) is 0 Å². The molecule has 2 rings (SSSR count). The highest BCUT2D eigenvalue weighted by atomic mass is 32.1. The van der Waals surface area contributed by atoms with Crippen LogP contribution in [0.25, 0.3) is 11.3 Å². The fourth-order valence-corrected chi connectivity index (χ4v) is 3.04. The van der Waals surface area contributed by atoms with E-state index in [1.807, 2.05) is 6.92 Å². The lowest BCUT2D eigenvalue weighted by molar-refractivity contribution is 0.423. The Kier molecular flexibility index (Phi) is 3.92. The monoisotopic (exact) mass is 303 g/mol. The molecule has 0 saturated heterocycles. The van der Waals surface area contributed by atoms with Crippen LogP contribution in [0.5, 0.6) is 5.75 Å². The first-order valence-corrected chi connectivity index (χ1v) is 8.18. The molecule has 1 aromatic carbocycles. The van der Waals surface area contributed by atoms with Gasteiger partial charge in [-0.15, -0.1) is 11.3 Å². The van der Waals surface area contributed by atoms with Crippen LogP contribution in [-0.4, -0.2) is 10.1 Å². The Bertz CT molecular complexity index is 622. The van der Waals surface area contributed by atoms with E-state index >= 15 is 0 Å². The van der Waals surface area contributed by atoms with E-state index in [2.05, 4.69) is 64.0 Å². The molecule has 114 valence electrons. The Morgan fingerprint density at radius 2 is 1.43 bits per heavy atom. The number of thiazole rings is 1. The third-order valence-electron chi connectivity index (χ3n) is 3.64. The van der Waals surface area contributed by atoms with Gasteiger partial charge < -0.3 is 5.11 Å². The number of aromatic nitrogens is 1. The van der Waals surface area contributed by atoms with Gasteiger partial charge in [0.2, 0.25) is 0 Å². The number of hydrogen-bond acceptors (Lipinski definition) is 3. The summed E-state index contributed by atoms with van der Waals surface area (Å²) in [6.45, 7) is 14.8. The molecule has 2 aromatic rings. The highest BCUT2D eigenvalue weighted by Gasteiger charge is 2.27. The molecule has 0 atom stereocenters. The Morgan fingerprint density at radius 3 is 1.76 bits per heavy atom. The second kappa shape index (κ2) is 5.13. The maximum atomic E-state index is 10.7. The van der Waals surface area contributed by atoms with Crippen molar-refractivity contribution in [3.8, 4) is 17.0 Å². The summed E-state index contributed by atoms with van der Waals surface area (Å²) >= 11 is 1.66. The molecule has 0 amide bonds. The number of benzene rings is 1. The predicted molar refractivity (Wildman–Crippen MR) is 91.4 cm³/mol. The van der Waals surface area contributed by atoms with Gasteiger partial charge in [-0.3, -0.25) is 0 Å². The van der Waals surface area contributed by atoms with Crippen molar-refractivity contribution in [3.63, 3.8) is 0 Å². The van der Waals surface area contributed by atoms with Crippen LogP contribution in [0.15, 0.2) is 17.5 Å². The van der Waals surface area contributed by atoms with E-state index in [9.17, 15) is 5.11 Å². The molecule has 0 aliphatic carbocycles. The van der Waals surface area contributed by atoms with Gasteiger partial charge in [0.15, 0.2) is 0 Å². The van der Waals surface area contributed by atoms with Crippen molar-refractivity contribution in [2.24, 2.45) is 0 Å². The van der Waals surface area contributed by atoms with Crippen LogP contribution in [0, 0.1) is 6.92 Å². The number of hydrogen-bond donors (Lipinski definition) is 1. The minimum atomic E-state index is -0.106. The minimum Gasteiger partial charge on any atom is -0.507 e. The zero-order chi connectivity index (χ0) is 16.0. The topological polar surface area (TPSA) is 33.1 Å². The largest absolute Gasteiger partial charge is 0.507 e. The van der Waals surface area contributed by atoms with Gasteiger partial charge >= 0.3 is 0 Å². The molecule has 0 radical (unpaired) electrons. The number of aromatic hydroxyl groups is 1. The zero-order valence-corrected chi connectivity index (χ0v) is 14.9. The van der Waals surface area contributed by atoms with E-state index in [-0.39, 0.29) is 10.8 Å². The molecule has 0 bridgehead atoms. The molecular formula is C18H25NOS. The van der Waals surface area contributed by atoms with Crippen molar-refractivity contribution in [3.05, 3.63) is 33.6 Å². The molecule has 0 saturated carbocycles. The first kappa shape index (κ1) is 16.0. The Hall–Kier alpha value is -1.35. The van der Waals surface area contributed by atoms with Gasteiger partial charge in [-0.25, -0.2) is 4.98 Å². The van der Waals surface area contributed by atoms with Crippen molar-refractivity contribution in [2.45, 2.75) is 59.3 Å². The van der Waals surface area contributed by atoms with Gasteiger partial charge in [-0.05, 0) is 29.9 Å². The summed E-state index contributed by atoms with van der Waals surface area (Å²) in [7, 11) is 0. The van der Waals surface area contributed by atoms with E-state index < -0.39 is 0 Å². The first-order chi connectivity index (χ1) is 9.50. The summed E-state index contributed by atoms with van der Waals surface area (Å²) in [5, 5.41) is 13.9. The molecule has 1 aromatic heterocycles. The second-order valence-electron chi connectivity index (χ2n) is 7.67. The molecule has 21 heavy (non-hydrogen) atoms. The molecule has 2 nitrogen and oxygen atoms in total. The van der Waals surface area contributed by atoms with Crippen LogP contribution >= 0.6 is 11.3 Å². The van der Waals surface area contributed by atoms with Crippen LogP contribution in [0.2, 0.25) is 0 Å². The van der Waals surface area contributed by atoms with Crippen LogP contribution in [0.4, 0.5) is 0 Å². The standard InChI is InChI=1S/C18H25NOS/c1-11-19-15(10-21-11)12-8-13(17(2,3)4)16(20)14(9-12)18(5,6)7/h8-10,20H,1-7H3. The maximum Gasteiger partial charge on any atom is 0.123 e. The third-order valence-corrected chi connectivity index (χ3v) is 4.41. The number of phenolic OH excluding ortho intramolecular Hbond substituents is 1. The summed E-state index contributed by atoms with van der Waals surface area (Å²) in [5.41, 5.74) is 3.84. The van der Waals surface area contributed by atoms with E-state index in [0.717, 1.165) is 27.4 Å². The highest BCUT2D eigenvalue weighted by Crippen LogP contribution is 2.41. The summed E-state index contributed by atoms with van der Waals surface area (Å²) in [6.07, 6.45) is 0. The maximum absolute atomic E-state index is 10.7. The quantitative estimate of drug-likeness (QED) is 0.763. The lowest BCUT2D eigenvalue weighted by Gasteiger charge is -2.28. The van der Waals surface area contributed by atoms with Crippen molar-refractivity contribution in [1.82, 2.24) is 4.98 Å². The van der Waals surface area contributed by atoms with Gasteiger partial charge in [0, 0.05) is 22.1 Å². The number of phenols is 1. The average Bonchev–Trinajstić information content (AvgIpc) is 2.73. The fraction of sp³-hybridized carbons (Fsp3) is 0.500. The second-order valence-corrected chi connectivity index (χ2v) is 8.73. The van der Waals surface area contributed by atoms with Gasteiger partial charge in [-0.1, -0.05) is 41.5 Å². The van der Waals surface area contributed by atoms with Crippen molar-refractivity contribution < 1.29 is 5.11 Å². The Labute approximate surface area is 131 Å². The molecule has 3 heteroatoms. The smallest absolute Gasteiger partial charge is 0.123 e. The summed E-state index contributed by atoms with van der Waals surface area (Å²) in [4.78, 5) is 4.59. The van der Waals surface area contributed by atoms with Crippen LogP contribution in [-0.2, 0) is 10.8 Å². The minimum absolute atomic E-state index is 0.106. The van der Waals surface area contributed by atoms with E-state index in [0.29, 0.717) is 5.75 Å². The van der Waals surface area contributed by atoms with Crippen LogP contribution < -0.4 is 0 Å². The lowest BCUT2D eigenvalue weighted by atomic mass is 9.78. The SMILES string of the molecule is Cc1nc(-c2cc(C(C)(C)C)c(O)c(C(C)(C)C)c2)cs1. The molecule has 0 unspecified atom stereocenters. The summed E-state index contributed by atoms with van der Waals surface area (Å²) in [6, 6.07) is 4.16. The number of nitrogens with zero attached hydrogens (tertiary/aromatic N) is 1. The van der Waals surface area contributed by atoms with Gasteiger partial charge in [-0.2, -0.15) is 0 Å². The summed E-state index contributed by atoms with van der Waals surface area (Å²) < 4.78 is 0. The van der Waals surface area contributed by atoms with Crippen molar-refractivity contribution in [2.75, 3.05) is 0 Å². The Morgan fingerprint density at radius 1 is 0.952 bits per heavy atom. The fourth-order valence-electron chi connectivity index (χ4n) is 2.42. The first-order valence-electron chi connectivity index (χ1n) is 7.30. The number of aryl methyl sites for hydroxylation is 1. The molecule has 1 N–H and O–H groups in total.